The molecule has 4 fully saturated rings. The molecule has 4 aliphatic rings. The van der Waals surface area contributed by atoms with Crippen LogP contribution in [0.4, 0.5) is 0 Å². The van der Waals surface area contributed by atoms with Crippen molar-refractivity contribution in [3.8, 4) is 0 Å². The Hall–Kier alpha value is -3.19. The number of fused-ring (bicyclic) bond motifs is 3. The standard InChI is InChI=1S/C38H50N4O3/c1-3-45-36(44)38(18-10-5-11-19-38)35(43)40-23-20-37(21-24-40,29-12-6-4-7-13-29)22-25-41-30-16-17-31(41)27-32(26-30)42-28(2)39-33-14-8-9-15-34(33)42/h4,6-9,12-15,30-32H,3,5,10-11,16-27H2,1-2H3/t30-,31+,32?. The Balaban J connectivity index is 1.06. The number of piperidine rings is 2. The molecule has 0 radical (unpaired) electrons. The zero-order chi connectivity index (χ0) is 31.0. The Labute approximate surface area is 268 Å². The minimum absolute atomic E-state index is 0.0183. The molecule has 7 nitrogen and oxygen atoms in total. The molecule has 4 heterocycles. The molecule has 2 aromatic carbocycles. The molecule has 3 aliphatic heterocycles. The molecule has 0 N–H and O–H groups in total. The van der Waals surface area contributed by atoms with Crippen LogP contribution in [0.1, 0.15) is 101 Å². The molecule has 45 heavy (non-hydrogen) atoms. The number of hydrogen-bond donors (Lipinski definition) is 0. The van der Waals surface area contributed by atoms with Crippen molar-refractivity contribution in [2.24, 2.45) is 5.41 Å². The lowest BCUT2D eigenvalue weighted by atomic mass is 9.68. The first-order valence-corrected chi connectivity index (χ1v) is 17.7. The smallest absolute Gasteiger partial charge is 0.321 e. The summed E-state index contributed by atoms with van der Waals surface area (Å²) in [4.78, 5) is 37.0. The number of amides is 1. The number of nitrogens with zero attached hydrogens (tertiary/aromatic N) is 4. The van der Waals surface area contributed by atoms with E-state index in [0.29, 0.717) is 50.7 Å². The molecule has 240 valence electrons. The number of carbonyl (C=O) groups excluding carboxylic acids is 2. The minimum Gasteiger partial charge on any atom is -0.465 e. The van der Waals surface area contributed by atoms with Gasteiger partial charge in [0.1, 0.15) is 11.2 Å². The average molecular weight is 611 g/mol. The van der Waals surface area contributed by atoms with Gasteiger partial charge >= 0.3 is 5.97 Å². The Morgan fingerprint density at radius 3 is 2.22 bits per heavy atom. The first kappa shape index (κ1) is 30.5. The van der Waals surface area contributed by atoms with Gasteiger partial charge in [-0.3, -0.25) is 14.5 Å². The van der Waals surface area contributed by atoms with Crippen molar-refractivity contribution in [1.29, 1.82) is 0 Å². The van der Waals surface area contributed by atoms with Crippen LogP contribution in [-0.4, -0.2) is 69.6 Å². The van der Waals surface area contributed by atoms with Gasteiger partial charge in [-0.05, 0) is 101 Å². The van der Waals surface area contributed by atoms with E-state index in [1.807, 2.05) is 11.8 Å². The first-order chi connectivity index (χ1) is 21.9. The summed E-state index contributed by atoms with van der Waals surface area (Å²) < 4.78 is 8.02. The molecule has 1 aliphatic carbocycles. The van der Waals surface area contributed by atoms with E-state index in [9.17, 15) is 9.59 Å². The van der Waals surface area contributed by atoms with Crippen molar-refractivity contribution in [2.75, 3.05) is 26.2 Å². The van der Waals surface area contributed by atoms with Gasteiger partial charge in [-0.15, -0.1) is 0 Å². The summed E-state index contributed by atoms with van der Waals surface area (Å²) in [5.41, 5.74) is 2.84. The average Bonchev–Trinajstić information content (AvgIpc) is 3.54. The number of hydrogen-bond acceptors (Lipinski definition) is 5. The highest BCUT2D eigenvalue weighted by Gasteiger charge is 2.51. The molecule has 1 saturated carbocycles. The summed E-state index contributed by atoms with van der Waals surface area (Å²) in [5, 5.41) is 0. The molecule has 2 bridgehead atoms. The highest BCUT2D eigenvalue weighted by Crippen LogP contribution is 2.46. The lowest BCUT2D eigenvalue weighted by Crippen LogP contribution is -2.55. The maximum Gasteiger partial charge on any atom is 0.321 e. The SMILES string of the molecule is CCOC(=O)C1(C(=O)N2CCC(CCN3[C@@H]4CC[C@H]3CC(n3c(C)nc5ccccc53)C4)(c3ccccc3)CC2)CCCCC1. The maximum atomic E-state index is 14.1. The second-order valence-electron chi connectivity index (χ2n) is 14.3. The van der Waals surface area contributed by atoms with E-state index >= 15 is 0 Å². The molecule has 1 unspecified atom stereocenters. The number of aromatic nitrogens is 2. The van der Waals surface area contributed by atoms with Crippen molar-refractivity contribution in [3.05, 3.63) is 66.0 Å². The number of imidazole rings is 1. The quantitative estimate of drug-likeness (QED) is 0.203. The van der Waals surface area contributed by atoms with Gasteiger partial charge in [0, 0.05) is 31.2 Å². The van der Waals surface area contributed by atoms with Gasteiger partial charge in [-0.1, -0.05) is 61.7 Å². The van der Waals surface area contributed by atoms with Crippen LogP contribution in [0.2, 0.25) is 0 Å². The van der Waals surface area contributed by atoms with Gasteiger partial charge in [0.15, 0.2) is 0 Å². The van der Waals surface area contributed by atoms with Crippen LogP contribution in [0.5, 0.6) is 0 Å². The van der Waals surface area contributed by atoms with Gasteiger partial charge in [0.25, 0.3) is 0 Å². The van der Waals surface area contributed by atoms with Crippen LogP contribution in [0, 0.1) is 12.3 Å². The lowest BCUT2D eigenvalue weighted by molar-refractivity contribution is -0.168. The topological polar surface area (TPSA) is 67.7 Å². The largest absolute Gasteiger partial charge is 0.465 e. The predicted octanol–water partition coefficient (Wildman–Crippen LogP) is 6.98. The normalized spacial score (nSPS) is 26.2. The Morgan fingerprint density at radius 1 is 0.867 bits per heavy atom. The predicted molar refractivity (Wildman–Crippen MR) is 177 cm³/mol. The second-order valence-corrected chi connectivity index (χ2v) is 14.3. The zero-order valence-corrected chi connectivity index (χ0v) is 27.3. The number of likely N-dealkylation sites (tertiary alicyclic amines) is 1. The van der Waals surface area contributed by atoms with E-state index in [0.717, 1.165) is 56.4 Å². The van der Waals surface area contributed by atoms with E-state index < -0.39 is 5.41 Å². The van der Waals surface area contributed by atoms with Crippen LogP contribution < -0.4 is 0 Å². The summed E-state index contributed by atoms with van der Waals surface area (Å²) in [5.74, 6) is 0.855. The third kappa shape index (κ3) is 5.49. The fourth-order valence-electron chi connectivity index (χ4n) is 9.64. The van der Waals surface area contributed by atoms with Crippen LogP contribution in [0.15, 0.2) is 54.6 Å². The van der Waals surface area contributed by atoms with Crippen molar-refractivity contribution in [1.82, 2.24) is 19.4 Å². The molecule has 1 amide bonds. The molecule has 7 rings (SSSR count). The van der Waals surface area contributed by atoms with Gasteiger partial charge in [0.2, 0.25) is 5.91 Å². The van der Waals surface area contributed by atoms with E-state index in [-0.39, 0.29) is 17.3 Å². The van der Waals surface area contributed by atoms with Crippen LogP contribution >= 0.6 is 0 Å². The van der Waals surface area contributed by atoms with Crippen LogP contribution in [0.3, 0.4) is 0 Å². The minimum atomic E-state index is -0.983. The number of aryl methyl sites for hydroxylation is 1. The highest BCUT2D eigenvalue weighted by atomic mass is 16.5. The molecule has 3 saturated heterocycles. The third-order valence-corrected chi connectivity index (χ3v) is 12.0. The Bertz CT molecular complexity index is 1490. The fourth-order valence-corrected chi connectivity index (χ4v) is 9.64. The number of carbonyl (C=O) groups is 2. The molecule has 0 spiro atoms. The monoisotopic (exact) mass is 610 g/mol. The number of ether oxygens (including phenoxy) is 1. The zero-order valence-electron chi connectivity index (χ0n) is 27.3. The van der Waals surface area contributed by atoms with Crippen molar-refractivity contribution < 1.29 is 14.3 Å². The van der Waals surface area contributed by atoms with Gasteiger partial charge in [0.05, 0.1) is 17.6 Å². The number of esters is 1. The Morgan fingerprint density at radius 2 is 1.53 bits per heavy atom. The molecule has 3 atom stereocenters. The number of rotatable bonds is 8. The van der Waals surface area contributed by atoms with Gasteiger partial charge in [-0.25, -0.2) is 4.98 Å². The van der Waals surface area contributed by atoms with E-state index in [2.05, 4.69) is 71.0 Å². The van der Waals surface area contributed by atoms with Crippen LogP contribution in [0.25, 0.3) is 11.0 Å². The maximum absolute atomic E-state index is 14.1. The molecule has 1 aromatic heterocycles. The summed E-state index contributed by atoms with van der Waals surface area (Å²) in [6, 6.07) is 21.4. The van der Waals surface area contributed by atoms with Gasteiger partial charge in [-0.2, -0.15) is 0 Å². The summed E-state index contributed by atoms with van der Waals surface area (Å²) in [6.45, 7) is 6.83. The van der Waals surface area contributed by atoms with Gasteiger partial charge < -0.3 is 14.2 Å². The van der Waals surface area contributed by atoms with E-state index in [1.54, 1.807) is 0 Å². The van der Waals surface area contributed by atoms with E-state index in [4.69, 9.17) is 9.72 Å². The summed E-state index contributed by atoms with van der Waals surface area (Å²) in [7, 11) is 0. The van der Waals surface area contributed by atoms with Crippen molar-refractivity contribution >= 4 is 22.9 Å². The van der Waals surface area contributed by atoms with Crippen molar-refractivity contribution in [3.63, 3.8) is 0 Å². The molecular weight excluding hydrogens is 560 g/mol. The Kier molecular flexibility index (Phi) is 8.49. The summed E-state index contributed by atoms with van der Waals surface area (Å²) >= 11 is 0. The molecule has 7 heteroatoms. The van der Waals surface area contributed by atoms with E-state index in [1.165, 1.54) is 36.8 Å². The highest BCUT2D eigenvalue weighted by molar-refractivity contribution is 6.02. The van der Waals surface area contributed by atoms with Crippen molar-refractivity contribution in [2.45, 2.75) is 114 Å². The third-order valence-electron chi connectivity index (χ3n) is 12.0. The molecular formula is C38H50N4O3. The molecule has 3 aromatic rings. The van der Waals surface area contributed by atoms with Crippen LogP contribution in [-0.2, 0) is 19.7 Å². The number of para-hydroxylation sites is 2. The lowest BCUT2D eigenvalue weighted by Gasteiger charge is -2.47. The fraction of sp³-hybridized carbons (Fsp3) is 0.605. The first-order valence-electron chi connectivity index (χ1n) is 17.7. The second kappa shape index (κ2) is 12.5. The summed E-state index contributed by atoms with van der Waals surface area (Å²) in [6.07, 6.45) is 12.1. The number of benzene rings is 2.